The molecular formula is C31H36ClN2O2RuS. The molecule has 1 radical (unpaired) electrons. The summed E-state index contributed by atoms with van der Waals surface area (Å²) >= 11 is 6.90. The Bertz CT molecular complexity index is 1390. The largest absolute Gasteiger partial charge is 1.00 e. The van der Waals surface area contributed by atoms with Gasteiger partial charge in [0.05, 0.1) is 10.9 Å². The Morgan fingerprint density at radius 2 is 1.37 bits per heavy atom. The van der Waals surface area contributed by atoms with E-state index >= 15 is 0 Å². The molecule has 0 amide bonds. The number of benzene rings is 3. The molecule has 3 aromatic carbocycles. The molecule has 0 spiro atoms. The third kappa shape index (κ3) is 7.31. The fourth-order valence-corrected chi connectivity index (χ4v) is 6.06. The molecule has 7 heteroatoms. The van der Waals surface area contributed by atoms with E-state index < -0.39 is 21.1 Å². The van der Waals surface area contributed by atoms with Crippen molar-refractivity contribution in [3.05, 3.63) is 124 Å². The minimum Gasteiger partial charge on any atom is -0.321 e. The average Bonchev–Trinajstić information content (AvgIpc) is 3.05. The van der Waals surface area contributed by atoms with E-state index in [0.717, 1.165) is 11.1 Å². The third-order valence-corrected chi connectivity index (χ3v) is 9.10. The molecule has 0 heterocycles. The number of aryl methyl sites for hydroxylation is 1. The summed E-state index contributed by atoms with van der Waals surface area (Å²) in [7, 11) is -3.90. The van der Waals surface area contributed by atoms with Gasteiger partial charge in [-0.2, -0.15) is 15.9 Å². The molecule has 0 bridgehead atoms. The second kappa shape index (κ2) is 12.9. The van der Waals surface area contributed by atoms with Gasteiger partial charge in [0.1, 0.15) is 0 Å². The van der Waals surface area contributed by atoms with Gasteiger partial charge in [-0.25, -0.2) is 14.0 Å². The molecule has 3 aromatic rings. The maximum atomic E-state index is 13.0. The van der Waals surface area contributed by atoms with Gasteiger partial charge in [-0.05, 0) is 30.2 Å². The molecule has 203 valence electrons. The van der Waals surface area contributed by atoms with Crippen molar-refractivity contribution < 1.29 is 27.9 Å². The molecule has 0 aliphatic heterocycles. The monoisotopic (exact) mass is 637 g/mol. The van der Waals surface area contributed by atoms with Crippen LogP contribution >= 0.6 is 11.6 Å². The van der Waals surface area contributed by atoms with Crippen LogP contribution < -0.4 is 10.5 Å². The number of nitrogens with two attached hydrogens (primary N) is 1. The first-order valence-electron chi connectivity index (χ1n) is 12.2. The number of hydrogen-bond acceptors (Lipinski definition) is 3. The Morgan fingerprint density at radius 1 is 0.868 bits per heavy atom. The number of hydrogen-bond donors (Lipinski definition) is 2. The smallest absolute Gasteiger partial charge is 0.321 e. The number of alkyl halides is 1. The molecule has 2 atom stereocenters. The fourth-order valence-electron chi connectivity index (χ4n) is 4.25. The zero-order valence-electron chi connectivity index (χ0n) is 22.7. The molecule has 38 heavy (non-hydrogen) atoms. The minimum absolute atomic E-state index is 0. The predicted molar refractivity (Wildman–Crippen MR) is 153 cm³/mol. The summed E-state index contributed by atoms with van der Waals surface area (Å²) in [6, 6.07) is 23.9. The van der Waals surface area contributed by atoms with Crippen molar-refractivity contribution in [1.82, 2.24) is 4.72 Å². The van der Waals surface area contributed by atoms with Gasteiger partial charge in [0.2, 0.25) is 10.0 Å². The standard InChI is InChI=1S/C21H21ClN2O2S.C10H15.Ru/c1-16-12-14-19(15-13-16)27(25,26)24-21(22,18-10-6-3-7-11-18)20(23)17-8-4-2-5-9-17;1-7-6-10(4,5)9(3)8(7)2;/h2-15,20,24H,23H2,1H3;1-5H3;/q;-1;+1/t20-,21-;;/m1../s1. The molecule has 1 aliphatic rings. The Morgan fingerprint density at radius 3 is 1.79 bits per heavy atom. The number of nitrogens with one attached hydrogen (secondary N) is 1. The van der Waals surface area contributed by atoms with E-state index in [2.05, 4.69) is 45.4 Å². The van der Waals surface area contributed by atoms with Gasteiger partial charge in [-0.3, -0.25) is 6.08 Å². The van der Waals surface area contributed by atoms with E-state index in [1.54, 1.807) is 48.5 Å². The number of allylic oxidation sites excluding steroid dienone is 4. The normalized spacial score (nSPS) is 16.9. The van der Waals surface area contributed by atoms with Crippen LogP contribution in [0.25, 0.3) is 0 Å². The van der Waals surface area contributed by atoms with Crippen LogP contribution in [0.1, 0.15) is 57.4 Å². The van der Waals surface area contributed by atoms with Crippen molar-refractivity contribution in [3.8, 4) is 0 Å². The van der Waals surface area contributed by atoms with Gasteiger partial charge in [0.25, 0.3) is 0 Å². The van der Waals surface area contributed by atoms with E-state index in [-0.39, 0.29) is 29.8 Å². The van der Waals surface area contributed by atoms with Crippen LogP contribution in [0.5, 0.6) is 0 Å². The zero-order chi connectivity index (χ0) is 27.4. The molecule has 4 rings (SSSR count). The Hall–Kier alpha value is -2.08. The average molecular weight is 637 g/mol. The predicted octanol–water partition coefficient (Wildman–Crippen LogP) is 7.17. The summed E-state index contributed by atoms with van der Waals surface area (Å²) in [4.78, 5) is -1.42. The number of halogens is 1. The van der Waals surface area contributed by atoms with Gasteiger partial charge in [0.15, 0.2) is 5.00 Å². The van der Waals surface area contributed by atoms with Crippen LogP contribution in [-0.2, 0) is 34.5 Å². The van der Waals surface area contributed by atoms with E-state index in [0.29, 0.717) is 5.56 Å². The second-order valence-electron chi connectivity index (χ2n) is 10.0. The van der Waals surface area contributed by atoms with E-state index in [1.165, 1.54) is 16.7 Å². The van der Waals surface area contributed by atoms with E-state index in [9.17, 15) is 8.42 Å². The van der Waals surface area contributed by atoms with Crippen LogP contribution in [0.2, 0.25) is 0 Å². The topological polar surface area (TPSA) is 72.2 Å². The van der Waals surface area contributed by atoms with Crippen LogP contribution in [0.4, 0.5) is 0 Å². The van der Waals surface area contributed by atoms with Crippen molar-refractivity contribution in [2.45, 2.75) is 57.5 Å². The van der Waals surface area contributed by atoms with Gasteiger partial charge in [-0.1, -0.05) is 123 Å². The van der Waals surface area contributed by atoms with Gasteiger partial charge in [0, 0.05) is 0 Å². The summed E-state index contributed by atoms with van der Waals surface area (Å²) in [5, 5.41) is 0. The second-order valence-corrected chi connectivity index (χ2v) is 12.3. The molecule has 0 unspecified atom stereocenters. The maximum absolute atomic E-state index is 13.0. The SMILES string of the molecule is CC1=[C-]C(C)(C)C(C)=C1C.Cc1ccc(S(=O)(=O)N[C@](Cl)(c2ccccc2)[C@H](N)c2ccccc2)cc1.[Ru+]. The summed E-state index contributed by atoms with van der Waals surface area (Å²) in [5.74, 6) is 0. The van der Waals surface area contributed by atoms with Crippen molar-refractivity contribution in [1.29, 1.82) is 0 Å². The van der Waals surface area contributed by atoms with Crippen LogP contribution in [0.3, 0.4) is 0 Å². The van der Waals surface area contributed by atoms with Crippen molar-refractivity contribution in [3.63, 3.8) is 0 Å². The fraction of sp³-hybridized carbons (Fsp3) is 0.290. The molecule has 3 N–H and O–H groups in total. The van der Waals surface area contributed by atoms with Crippen LogP contribution in [-0.4, -0.2) is 8.42 Å². The van der Waals surface area contributed by atoms with Gasteiger partial charge in [-0.15, -0.1) is 6.92 Å². The van der Waals surface area contributed by atoms with Crippen molar-refractivity contribution in [2.24, 2.45) is 11.1 Å². The molecular weight excluding hydrogens is 601 g/mol. The van der Waals surface area contributed by atoms with Gasteiger partial charge >= 0.3 is 19.5 Å². The first-order chi connectivity index (χ1) is 17.3. The molecule has 0 fully saturated rings. The molecule has 4 nitrogen and oxygen atoms in total. The summed E-state index contributed by atoms with van der Waals surface area (Å²) < 4.78 is 28.7. The first-order valence-corrected chi connectivity index (χ1v) is 14.1. The Labute approximate surface area is 246 Å². The maximum Gasteiger partial charge on any atom is 1.00 e. The minimum atomic E-state index is -3.90. The number of sulfonamides is 1. The summed E-state index contributed by atoms with van der Waals surface area (Å²) in [6.45, 7) is 12.8. The number of rotatable bonds is 6. The first kappa shape index (κ1) is 32.1. The van der Waals surface area contributed by atoms with Crippen LogP contribution in [0.15, 0.2) is 107 Å². The molecule has 1 aliphatic carbocycles. The quantitative estimate of drug-likeness (QED) is 0.130. The zero-order valence-corrected chi connectivity index (χ0v) is 26.0. The van der Waals surface area contributed by atoms with E-state index in [1.807, 2.05) is 43.3 Å². The summed E-state index contributed by atoms with van der Waals surface area (Å²) in [6.07, 6.45) is 3.44. The third-order valence-electron chi connectivity index (χ3n) is 6.96. The van der Waals surface area contributed by atoms with Crippen LogP contribution in [0, 0.1) is 18.4 Å². The van der Waals surface area contributed by atoms with Crippen molar-refractivity contribution in [2.75, 3.05) is 0 Å². The van der Waals surface area contributed by atoms with E-state index in [4.69, 9.17) is 17.3 Å². The Kier molecular flexibility index (Phi) is 10.9. The summed E-state index contributed by atoms with van der Waals surface area (Å²) in [5.41, 5.74) is 13.1. The molecule has 0 saturated carbocycles. The van der Waals surface area contributed by atoms with Crippen molar-refractivity contribution >= 4 is 21.6 Å². The molecule has 0 aromatic heterocycles. The van der Waals surface area contributed by atoms with Gasteiger partial charge < -0.3 is 5.73 Å². The Balaban J connectivity index is 0.000000389. The molecule has 0 saturated heterocycles.